The summed E-state index contributed by atoms with van der Waals surface area (Å²) in [6, 6.07) is 15.5. The van der Waals surface area contributed by atoms with E-state index >= 15 is 0 Å². The third kappa shape index (κ3) is 6.28. The smallest absolute Gasteiger partial charge is 0.285 e. The van der Waals surface area contributed by atoms with Crippen molar-refractivity contribution < 1.29 is 28.6 Å². The molecular formula is C25H21N3O6S3. The quantitative estimate of drug-likeness (QED) is 0.297. The van der Waals surface area contributed by atoms with Crippen LogP contribution >= 0.6 is 35.3 Å². The molecule has 190 valence electrons. The fraction of sp³-hybridized carbons (Fsp3) is 0.120. The fourth-order valence-corrected chi connectivity index (χ4v) is 5.04. The Balaban J connectivity index is 1.41. The standard InChI is InChI=1S/C25H21N3O6S3/c1-32-17-7-4-3-6-16(17)26-22(29)14-34-18-10-9-15(12-19(18)33-2)13-21-24(31)28(25(35)37-21)27-23(30)20-8-5-11-36-20/h3-13H,14H2,1-2H3,(H,26,29)(H,27,30)/b21-13-. The zero-order chi connectivity index (χ0) is 26.4. The zero-order valence-electron chi connectivity index (χ0n) is 19.7. The van der Waals surface area contributed by atoms with Crippen molar-refractivity contribution in [3.05, 3.63) is 75.3 Å². The normalized spacial score (nSPS) is 14.0. The summed E-state index contributed by atoms with van der Waals surface area (Å²) >= 11 is 7.61. The molecule has 0 unspecified atom stereocenters. The Morgan fingerprint density at radius 1 is 1.03 bits per heavy atom. The van der Waals surface area contributed by atoms with Crippen molar-refractivity contribution in [2.24, 2.45) is 0 Å². The maximum atomic E-state index is 12.8. The van der Waals surface area contributed by atoms with E-state index in [1.54, 1.807) is 66.1 Å². The molecular weight excluding hydrogens is 534 g/mol. The molecule has 3 aromatic rings. The highest BCUT2D eigenvalue weighted by atomic mass is 32.2. The van der Waals surface area contributed by atoms with Crippen LogP contribution in [0.25, 0.3) is 6.08 Å². The molecule has 0 radical (unpaired) electrons. The van der Waals surface area contributed by atoms with E-state index in [0.29, 0.717) is 38.3 Å². The van der Waals surface area contributed by atoms with Crippen LogP contribution in [-0.4, -0.2) is 47.9 Å². The summed E-state index contributed by atoms with van der Waals surface area (Å²) in [5.74, 6) is 0.0433. The average molecular weight is 556 g/mol. The lowest BCUT2D eigenvalue weighted by molar-refractivity contribution is -0.123. The molecule has 0 bridgehead atoms. The van der Waals surface area contributed by atoms with Crippen LogP contribution in [0.2, 0.25) is 0 Å². The summed E-state index contributed by atoms with van der Waals surface area (Å²) in [5.41, 5.74) is 3.72. The Hall–Kier alpha value is -3.87. The SMILES string of the molecule is COc1ccccc1NC(=O)COc1ccc(/C=C2\SC(=S)N(NC(=O)c3cccs3)C2=O)cc1OC. The van der Waals surface area contributed by atoms with E-state index in [-0.39, 0.29) is 16.8 Å². The van der Waals surface area contributed by atoms with Gasteiger partial charge in [0, 0.05) is 0 Å². The first-order valence-corrected chi connectivity index (χ1v) is 12.9. The number of thioether (sulfide) groups is 1. The molecule has 37 heavy (non-hydrogen) atoms. The zero-order valence-corrected chi connectivity index (χ0v) is 22.1. The van der Waals surface area contributed by atoms with E-state index in [1.807, 2.05) is 0 Å². The molecule has 3 amide bonds. The molecule has 12 heteroatoms. The maximum Gasteiger partial charge on any atom is 0.285 e. The van der Waals surface area contributed by atoms with E-state index in [1.165, 1.54) is 25.6 Å². The number of hydrogen-bond acceptors (Lipinski definition) is 9. The van der Waals surface area contributed by atoms with Crippen LogP contribution in [0.4, 0.5) is 5.69 Å². The number of hydrogen-bond donors (Lipinski definition) is 2. The number of para-hydroxylation sites is 2. The van der Waals surface area contributed by atoms with Crippen molar-refractivity contribution in [3.63, 3.8) is 0 Å². The van der Waals surface area contributed by atoms with Crippen molar-refractivity contribution in [1.29, 1.82) is 0 Å². The lowest BCUT2D eigenvalue weighted by Gasteiger charge is -2.14. The van der Waals surface area contributed by atoms with E-state index in [4.69, 9.17) is 26.4 Å². The van der Waals surface area contributed by atoms with Gasteiger partial charge in [-0.3, -0.25) is 19.8 Å². The second-order valence-corrected chi connectivity index (χ2v) is 10.0. The van der Waals surface area contributed by atoms with Gasteiger partial charge in [-0.1, -0.05) is 36.0 Å². The van der Waals surface area contributed by atoms with Crippen LogP contribution in [0.15, 0.2) is 64.9 Å². The Morgan fingerprint density at radius 2 is 1.81 bits per heavy atom. The summed E-state index contributed by atoms with van der Waals surface area (Å²) in [6.07, 6.45) is 1.64. The van der Waals surface area contributed by atoms with Crippen molar-refractivity contribution in [1.82, 2.24) is 10.4 Å². The van der Waals surface area contributed by atoms with E-state index in [9.17, 15) is 14.4 Å². The highest BCUT2D eigenvalue weighted by Gasteiger charge is 2.34. The number of amides is 3. The van der Waals surface area contributed by atoms with E-state index in [0.717, 1.165) is 16.8 Å². The molecule has 2 heterocycles. The number of thiocarbonyl (C=S) groups is 1. The van der Waals surface area contributed by atoms with Crippen LogP contribution in [0.3, 0.4) is 0 Å². The van der Waals surface area contributed by atoms with Gasteiger partial charge in [-0.2, -0.15) is 5.01 Å². The second-order valence-electron chi connectivity index (χ2n) is 7.38. The van der Waals surface area contributed by atoms with Crippen molar-refractivity contribution in [3.8, 4) is 17.2 Å². The van der Waals surface area contributed by atoms with Gasteiger partial charge in [-0.25, -0.2) is 0 Å². The van der Waals surface area contributed by atoms with E-state index < -0.39 is 11.8 Å². The molecule has 1 saturated heterocycles. The lowest BCUT2D eigenvalue weighted by atomic mass is 10.2. The topological polar surface area (TPSA) is 106 Å². The van der Waals surface area contributed by atoms with Crippen LogP contribution in [0, 0.1) is 0 Å². The van der Waals surface area contributed by atoms with Gasteiger partial charge in [0.05, 0.1) is 29.7 Å². The van der Waals surface area contributed by atoms with Crippen molar-refractivity contribution in [2.45, 2.75) is 0 Å². The highest BCUT2D eigenvalue weighted by Crippen LogP contribution is 2.34. The van der Waals surface area contributed by atoms with Crippen molar-refractivity contribution >= 4 is 69.1 Å². The minimum absolute atomic E-state index is 0.217. The summed E-state index contributed by atoms with van der Waals surface area (Å²) in [5, 5.41) is 5.57. The van der Waals surface area contributed by atoms with Gasteiger partial charge in [0.15, 0.2) is 22.4 Å². The Labute approximate surface area is 226 Å². The molecule has 1 fully saturated rings. The molecule has 2 aromatic carbocycles. The molecule has 2 N–H and O–H groups in total. The molecule has 1 aliphatic rings. The molecule has 9 nitrogen and oxygen atoms in total. The second kappa shape index (κ2) is 11.9. The molecule has 4 rings (SSSR count). The fourth-order valence-electron chi connectivity index (χ4n) is 3.25. The largest absolute Gasteiger partial charge is 0.495 e. The number of thiophene rings is 1. The van der Waals surface area contributed by atoms with Crippen molar-refractivity contribution in [2.75, 3.05) is 26.1 Å². The van der Waals surface area contributed by atoms with Gasteiger partial charge in [0.1, 0.15) is 5.75 Å². The summed E-state index contributed by atoms with van der Waals surface area (Å²) in [6.45, 7) is -0.254. The Kier molecular flexibility index (Phi) is 8.43. The molecule has 1 aromatic heterocycles. The molecule has 0 aliphatic carbocycles. The molecule has 0 saturated carbocycles. The first-order valence-electron chi connectivity index (χ1n) is 10.8. The minimum Gasteiger partial charge on any atom is -0.495 e. The Morgan fingerprint density at radius 3 is 2.54 bits per heavy atom. The molecule has 0 spiro atoms. The van der Waals surface area contributed by atoms with Crippen LogP contribution in [-0.2, 0) is 9.59 Å². The molecule has 0 atom stereocenters. The number of benzene rings is 2. The van der Waals surface area contributed by atoms with Gasteiger partial charge < -0.3 is 19.5 Å². The Bertz CT molecular complexity index is 1370. The van der Waals surface area contributed by atoms with Gasteiger partial charge in [0.2, 0.25) is 0 Å². The summed E-state index contributed by atoms with van der Waals surface area (Å²) in [4.78, 5) is 38.4. The number of carbonyl (C=O) groups excluding carboxylic acids is 3. The number of anilines is 1. The van der Waals surface area contributed by atoms with E-state index in [2.05, 4.69) is 10.7 Å². The first kappa shape index (κ1) is 26.2. The number of methoxy groups -OCH3 is 2. The van der Waals surface area contributed by atoms with Crippen LogP contribution < -0.4 is 25.0 Å². The summed E-state index contributed by atoms with van der Waals surface area (Å²) < 4.78 is 16.5. The summed E-state index contributed by atoms with van der Waals surface area (Å²) in [7, 11) is 2.99. The number of rotatable bonds is 9. The molecule has 1 aliphatic heterocycles. The van der Waals surface area contributed by atoms with Gasteiger partial charge in [-0.15, -0.1) is 11.3 Å². The number of hydrazine groups is 1. The maximum absolute atomic E-state index is 12.8. The van der Waals surface area contributed by atoms with Crippen LogP contribution in [0.1, 0.15) is 15.2 Å². The monoisotopic (exact) mass is 555 g/mol. The first-order chi connectivity index (χ1) is 17.9. The predicted octanol–water partition coefficient (Wildman–Crippen LogP) is 4.33. The van der Waals surface area contributed by atoms with Gasteiger partial charge in [-0.05, 0) is 59.6 Å². The average Bonchev–Trinajstić information content (AvgIpc) is 3.53. The predicted molar refractivity (Wildman–Crippen MR) is 147 cm³/mol. The van der Waals surface area contributed by atoms with Gasteiger partial charge in [0.25, 0.3) is 17.7 Å². The number of carbonyl (C=O) groups is 3. The number of nitrogens with zero attached hydrogens (tertiary/aromatic N) is 1. The number of nitrogens with one attached hydrogen (secondary N) is 2. The highest BCUT2D eigenvalue weighted by molar-refractivity contribution is 8.26. The number of ether oxygens (including phenoxy) is 3. The minimum atomic E-state index is -0.438. The lowest BCUT2D eigenvalue weighted by Crippen LogP contribution is -2.44. The van der Waals surface area contributed by atoms with Gasteiger partial charge >= 0.3 is 0 Å². The third-order valence-electron chi connectivity index (χ3n) is 4.98. The van der Waals surface area contributed by atoms with Crippen LogP contribution in [0.5, 0.6) is 17.2 Å². The third-order valence-corrected chi connectivity index (χ3v) is 7.15.